The normalized spacial score (nSPS) is 14.4. The molecular weight excluding hydrogens is 342 g/mol. The molecule has 0 bridgehead atoms. The molecule has 0 aliphatic carbocycles. The molecule has 0 radical (unpaired) electrons. The summed E-state index contributed by atoms with van der Waals surface area (Å²) in [4.78, 5) is 29.8. The van der Waals surface area contributed by atoms with E-state index in [4.69, 9.17) is 0 Å². The molecule has 1 fully saturated rings. The lowest BCUT2D eigenvalue weighted by atomic mass is 10.2. The Balaban J connectivity index is 1.43. The quantitative estimate of drug-likeness (QED) is 0.764. The standard InChI is InChI=1S/C19H21N7O/c1-13-14(2)21-12-22-18(13)25-7-9-26(10-8-25)19(27)17-11-16(23-24-17)15-5-3-4-6-20-15/h3-6,11-12H,7-10H2,1-2H3,(H,23,24). The molecule has 3 aromatic heterocycles. The summed E-state index contributed by atoms with van der Waals surface area (Å²) < 4.78 is 0. The number of aryl methyl sites for hydroxylation is 1. The summed E-state index contributed by atoms with van der Waals surface area (Å²) in [6.45, 7) is 6.77. The van der Waals surface area contributed by atoms with Crippen molar-refractivity contribution in [1.29, 1.82) is 0 Å². The van der Waals surface area contributed by atoms with Crippen molar-refractivity contribution in [2.75, 3.05) is 31.1 Å². The van der Waals surface area contributed by atoms with E-state index < -0.39 is 0 Å². The largest absolute Gasteiger partial charge is 0.353 e. The Morgan fingerprint density at radius 1 is 1.04 bits per heavy atom. The molecule has 27 heavy (non-hydrogen) atoms. The fourth-order valence-corrected chi connectivity index (χ4v) is 3.21. The molecule has 1 saturated heterocycles. The van der Waals surface area contributed by atoms with Crippen LogP contribution in [0.1, 0.15) is 21.7 Å². The molecule has 1 N–H and O–H groups in total. The summed E-state index contributed by atoms with van der Waals surface area (Å²) in [5, 5.41) is 7.07. The van der Waals surface area contributed by atoms with Gasteiger partial charge in [-0.2, -0.15) is 5.10 Å². The smallest absolute Gasteiger partial charge is 0.272 e. The summed E-state index contributed by atoms with van der Waals surface area (Å²) >= 11 is 0. The molecule has 0 spiro atoms. The molecule has 8 nitrogen and oxygen atoms in total. The van der Waals surface area contributed by atoms with Gasteiger partial charge >= 0.3 is 0 Å². The second-order valence-corrected chi connectivity index (χ2v) is 6.57. The average Bonchev–Trinajstić information content (AvgIpc) is 3.21. The topological polar surface area (TPSA) is 90.9 Å². The fourth-order valence-electron chi connectivity index (χ4n) is 3.21. The molecule has 4 heterocycles. The SMILES string of the molecule is Cc1ncnc(N2CCN(C(=O)c3cc(-c4ccccn4)n[nH]3)CC2)c1C. The van der Waals surface area contributed by atoms with Gasteiger partial charge in [0.1, 0.15) is 23.5 Å². The molecule has 0 atom stereocenters. The third-order valence-electron chi connectivity index (χ3n) is 4.91. The van der Waals surface area contributed by atoms with Gasteiger partial charge in [-0.1, -0.05) is 6.07 Å². The minimum Gasteiger partial charge on any atom is -0.353 e. The van der Waals surface area contributed by atoms with E-state index in [-0.39, 0.29) is 5.91 Å². The molecule has 0 aromatic carbocycles. The van der Waals surface area contributed by atoms with E-state index in [0.29, 0.717) is 24.5 Å². The van der Waals surface area contributed by atoms with Crippen LogP contribution in [0.25, 0.3) is 11.4 Å². The Bertz CT molecular complexity index is 946. The number of rotatable bonds is 3. The number of carbonyl (C=O) groups excluding carboxylic acids is 1. The molecule has 1 aliphatic rings. The number of H-pyrrole nitrogens is 1. The van der Waals surface area contributed by atoms with Crippen LogP contribution in [0.2, 0.25) is 0 Å². The summed E-state index contributed by atoms with van der Waals surface area (Å²) in [7, 11) is 0. The first-order valence-corrected chi connectivity index (χ1v) is 8.92. The van der Waals surface area contributed by atoms with Crippen molar-refractivity contribution in [2.45, 2.75) is 13.8 Å². The molecule has 0 saturated carbocycles. The molecule has 0 unspecified atom stereocenters. The van der Waals surface area contributed by atoms with E-state index in [1.165, 1.54) is 0 Å². The van der Waals surface area contributed by atoms with Crippen molar-refractivity contribution in [3.63, 3.8) is 0 Å². The number of nitrogens with one attached hydrogen (secondary N) is 1. The lowest BCUT2D eigenvalue weighted by Gasteiger charge is -2.35. The molecular formula is C19H21N7O. The number of nitrogens with zero attached hydrogens (tertiary/aromatic N) is 6. The van der Waals surface area contributed by atoms with Crippen molar-refractivity contribution >= 4 is 11.7 Å². The third kappa shape index (κ3) is 3.38. The number of anilines is 1. The first kappa shape index (κ1) is 17.1. The number of aromatic nitrogens is 5. The Kier molecular flexibility index (Phi) is 4.53. The number of carbonyl (C=O) groups is 1. The van der Waals surface area contributed by atoms with Crippen LogP contribution in [0.5, 0.6) is 0 Å². The Morgan fingerprint density at radius 2 is 1.85 bits per heavy atom. The van der Waals surface area contributed by atoms with Crippen molar-refractivity contribution in [2.24, 2.45) is 0 Å². The highest BCUT2D eigenvalue weighted by atomic mass is 16.2. The van der Waals surface area contributed by atoms with Crippen molar-refractivity contribution < 1.29 is 4.79 Å². The van der Waals surface area contributed by atoms with Gasteiger partial charge in [0.15, 0.2) is 0 Å². The van der Waals surface area contributed by atoms with Gasteiger partial charge in [-0.05, 0) is 32.0 Å². The highest BCUT2D eigenvalue weighted by Gasteiger charge is 2.25. The van der Waals surface area contributed by atoms with E-state index in [1.54, 1.807) is 18.6 Å². The zero-order chi connectivity index (χ0) is 18.8. The van der Waals surface area contributed by atoms with Crippen molar-refractivity contribution in [3.05, 3.63) is 53.7 Å². The maximum Gasteiger partial charge on any atom is 0.272 e. The van der Waals surface area contributed by atoms with Gasteiger partial charge in [0.25, 0.3) is 5.91 Å². The number of amides is 1. The van der Waals surface area contributed by atoms with Gasteiger partial charge in [0, 0.05) is 43.6 Å². The Labute approximate surface area is 157 Å². The van der Waals surface area contributed by atoms with Crippen LogP contribution in [-0.4, -0.2) is 62.1 Å². The van der Waals surface area contributed by atoms with Crippen molar-refractivity contribution in [1.82, 2.24) is 30.0 Å². The van der Waals surface area contributed by atoms with Crippen LogP contribution < -0.4 is 4.90 Å². The number of hydrogen-bond acceptors (Lipinski definition) is 6. The Morgan fingerprint density at radius 3 is 2.59 bits per heavy atom. The minimum atomic E-state index is -0.0417. The van der Waals surface area contributed by atoms with Crippen LogP contribution in [0.15, 0.2) is 36.8 Å². The maximum atomic E-state index is 12.8. The monoisotopic (exact) mass is 363 g/mol. The van der Waals surface area contributed by atoms with E-state index in [0.717, 1.165) is 35.9 Å². The van der Waals surface area contributed by atoms with E-state index in [1.807, 2.05) is 36.9 Å². The van der Waals surface area contributed by atoms with E-state index in [9.17, 15) is 4.79 Å². The lowest BCUT2D eigenvalue weighted by molar-refractivity contribution is 0.0740. The Hall–Kier alpha value is -3.29. The summed E-state index contributed by atoms with van der Waals surface area (Å²) in [5.74, 6) is 0.911. The number of piperazine rings is 1. The number of pyridine rings is 1. The maximum absolute atomic E-state index is 12.8. The summed E-state index contributed by atoms with van der Waals surface area (Å²) in [5.41, 5.74) is 3.97. The van der Waals surface area contributed by atoms with Crippen LogP contribution in [0.3, 0.4) is 0 Å². The second-order valence-electron chi connectivity index (χ2n) is 6.57. The minimum absolute atomic E-state index is 0.0417. The van der Waals surface area contributed by atoms with E-state index >= 15 is 0 Å². The summed E-state index contributed by atoms with van der Waals surface area (Å²) in [6.07, 6.45) is 3.31. The molecule has 1 amide bonds. The van der Waals surface area contributed by atoms with Gasteiger partial charge in [-0.3, -0.25) is 14.9 Å². The van der Waals surface area contributed by atoms with Gasteiger partial charge in [0.05, 0.1) is 5.69 Å². The van der Waals surface area contributed by atoms with Crippen LogP contribution >= 0.6 is 0 Å². The first-order valence-electron chi connectivity index (χ1n) is 8.92. The number of aromatic amines is 1. The van der Waals surface area contributed by atoms with Gasteiger partial charge in [-0.15, -0.1) is 0 Å². The molecule has 138 valence electrons. The second kappa shape index (κ2) is 7.14. The first-order chi connectivity index (χ1) is 13.1. The van der Waals surface area contributed by atoms with Gasteiger partial charge in [0.2, 0.25) is 0 Å². The molecule has 4 rings (SSSR count). The third-order valence-corrected chi connectivity index (χ3v) is 4.91. The van der Waals surface area contributed by atoms with Crippen LogP contribution in [-0.2, 0) is 0 Å². The van der Waals surface area contributed by atoms with E-state index in [2.05, 4.69) is 30.0 Å². The predicted molar refractivity (Wildman–Crippen MR) is 101 cm³/mol. The fraction of sp³-hybridized carbons (Fsp3) is 0.316. The lowest BCUT2D eigenvalue weighted by Crippen LogP contribution is -2.49. The summed E-state index contributed by atoms with van der Waals surface area (Å²) in [6, 6.07) is 7.38. The molecule has 1 aliphatic heterocycles. The van der Waals surface area contributed by atoms with Gasteiger partial charge in [-0.25, -0.2) is 9.97 Å². The predicted octanol–water partition coefficient (Wildman–Crippen LogP) is 1.84. The van der Waals surface area contributed by atoms with Gasteiger partial charge < -0.3 is 9.80 Å². The highest BCUT2D eigenvalue weighted by molar-refractivity contribution is 5.93. The average molecular weight is 363 g/mol. The van der Waals surface area contributed by atoms with Crippen molar-refractivity contribution in [3.8, 4) is 11.4 Å². The number of hydrogen-bond donors (Lipinski definition) is 1. The zero-order valence-electron chi connectivity index (χ0n) is 15.4. The highest BCUT2D eigenvalue weighted by Crippen LogP contribution is 2.21. The van der Waals surface area contributed by atoms with Crippen LogP contribution in [0.4, 0.5) is 5.82 Å². The molecule has 8 heteroatoms. The van der Waals surface area contributed by atoms with Crippen LogP contribution in [0, 0.1) is 13.8 Å². The zero-order valence-corrected chi connectivity index (χ0v) is 15.4. The molecule has 3 aromatic rings.